The second kappa shape index (κ2) is 3.89. The first-order chi connectivity index (χ1) is 5.77. The van der Waals surface area contributed by atoms with Crippen LogP contribution in [0.15, 0.2) is 24.3 Å². The highest BCUT2D eigenvalue weighted by atomic mass is 14.5. The quantitative estimate of drug-likeness (QED) is 0.713. The number of hydrogen-bond acceptors (Lipinski definition) is 2. The first-order valence-electron chi connectivity index (χ1n) is 3.94. The summed E-state index contributed by atoms with van der Waals surface area (Å²) in [6.45, 7) is 2.40. The monoisotopic (exact) mass is 160 g/mol. The van der Waals surface area contributed by atoms with Gasteiger partial charge < -0.3 is 5.73 Å². The van der Waals surface area contributed by atoms with Gasteiger partial charge in [0.25, 0.3) is 0 Å². The molecule has 2 N–H and O–H groups in total. The highest BCUT2D eigenvalue weighted by Gasteiger charge is 2.06. The van der Waals surface area contributed by atoms with E-state index in [1.54, 1.807) is 0 Å². The standard InChI is InChI=1S/C10H12N2/c1-8-3-2-4-9(5-8)10(6-11)7-12/h2-5,10H,6,11H2,1H3. The number of aryl methyl sites for hydroxylation is 1. The molecule has 1 rings (SSSR count). The maximum absolute atomic E-state index is 8.74. The molecule has 0 aliphatic heterocycles. The van der Waals surface area contributed by atoms with Crippen LogP contribution in [0.5, 0.6) is 0 Å². The molecule has 0 saturated heterocycles. The van der Waals surface area contributed by atoms with Crippen molar-refractivity contribution < 1.29 is 0 Å². The van der Waals surface area contributed by atoms with E-state index >= 15 is 0 Å². The summed E-state index contributed by atoms with van der Waals surface area (Å²) in [4.78, 5) is 0. The number of rotatable bonds is 2. The molecule has 1 aromatic rings. The van der Waals surface area contributed by atoms with Crippen molar-refractivity contribution >= 4 is 0 Å². The summed E-state index contributed by atoms with van der Waals surface area (Å²) in [5.74, 6) is -0.162. The molecule has 62 valence electrons. The number of nitrogens with two attached hydrogens (primary N) is 1. The van der Waals surface area contributed by atoms with Crippen LogP contribution in [0.2, 0.25) is 0 Å². The van der Waals surface area contributed by atoms with Gasteiger partial charge in [0.1, 0.15) is 0 Å². The van der Waals surface area contributed by atoms with E-state index in [1.807, 2.05) is 31.2 Å². The molecule has 2 nitrogen and oxygen atoms in total. The van der Waals surface area contributed by atoms with E-state index in [1.165, 1.54) is 5.56 Å². The predicted octanol–water partition coefficient (Wildman–Crippen LogP) is 1.56. The molecule has 1 unspecified atom stereocenters. The minimum absolute atomic E-state index is 0.162. The van der Waals surface area contributed by atoms with Crippen molar-refractivity contribution in [1.82, 2.24) is 0 Å². The molecule has 0 spiro atoms. The van der Waals surface area contributed by atoms with Crippen LogP contribution in [0, 0.1) is 18.3 Å². The zero-order chi connectivity index (χ0) is 8.97. The molecule has 2 heteroatoms. The Morgan fingerprint density at radius 2 is 2.33 bits per heavy atom. The Hall–Kier alpha value is -1.33. The SMILES string of the molecule is Cc1cccc(C(C#N)CN)c1. The average Bonchev–Trinajstić information content (AvgIpc) is 2.07. The lowest BCUT2D eigenvalue weighted by atomic mass is 9.99. The van der Waals surface area contributed by atoms with Crippen LogP contribution >= 0.6 is 0 Å². The minimum Gasteiger partial charge on any atom is -0.329 e. The van der Waals surface area contributed by atoms with Gasteiger partial charge in [-0.2, -0.15) is 5.26 Å². The summed E-state index contributed by atoms with van der Waals surface area (Å²) in [6.07, 6.45) is 0. The van der Waals surface area contributed by atoms with Crippen molar-refractivity contribution in [2.24, 2.45) is 5.73 Å². The van der Waals surface area contributed by atoms with Crippen LogP contribution in [0.25, 0.3) is 0 Å². The second-order valence-electron chi connectivity index (χ2n) is 2.83. The lowest BCUT2D eigenvalue weighted by Crippen LogP contribution is -2.10. The van der Waals surface area contributed by atoms with Crippen molar-refractivity contribution in [3.8, 4) is 6.07 Å². The maximum atomic E-state index is 8.74. The molecule has 1 aromatic carbocycles. The highest BCUT2D eigenvalue weighted by Crippen LogP contribution is 2.14. The Labute approximate surface area is 72.6 Å². The molecule has 12 heavy (non-hydrogen) atoms. The summed E-state index contributed by atoms with van der Waals surface area (Å²) < 4.78 is 0. The van der Waals surface area contributed by atoms with E-state index in [2.05, 4.69) is 6.07 Å². The Balaban J connectivity index is 2.95. The van der Waals surface area contributed by atoms with Crippen molar-refractivity contribution in [2.75, 3.05) is 6.54 Å². The Morgan fingerprint density at radius 1 is 1.58 bits per heavy atom. The van der Waals surface area contributed by atoms with E-state index in [9.17, 15) is 0 Å². The molecule has 1 atom stereocenters. The summed E-state index contributed by atoms with van der Waals surface area (Å²) in [7, 11) is 0. The fourth-order valence-corrected chi connectivity index (χ4v) is 1.15. The van der Waals surface area contributed by atoms with Gasteiger partial charge >= 0.3 is 0 Å². The highest BCUT2D eigenvalue weighted by molar-refractivity contribution is 5.29. The molecule has 0 amide bonds. The zero-order valence-corrected chi connectivity index (χ0v) is 7.12. The lowest BCUT2D eigenvalue weighted by molar-refractivity contribution is 0.861. The van der Waals surface area contributed by atoms with Crippen LogP contribution in [-0.2, 0) is 0 Å². The molecule has 0 aromatic heterocycles. The van der Waals surface area contributed by atoms with Gasteiger partial charge in [-0.15, -0.1) is 0 Å². The Morgan fingerprint density at radius 3 is 2.83 bits per heavy atom. The molecule has 0 saturated carbocycles. The molecule has 0 heterocycles. The number of nitrogens with zero attached hydrogens (tertiary/aromatic N) is 1. The average molecular weight is 160 g/mol. The summed E-state index contributed by atoms with van der Waals surface area (Å²) in [5, 5.41) is 8.74. The second-order valence-corrected chi connectivity index (χ2v) is 2.83. The van der Waals surface area contributed by atoms with E-state index in [0.717, 1.165) is 5.56 Å². The van der Waals surface area contributed by atoms with Crippen LogP contribution in [0.4, 0.5) is 0 Å². The van der Waals surface area contributed by atoms with Crippen LogP contribution in [0.1, 0.15) is 17.0 Å². The van der Waals surface area contributed by atoms with Gasteiger partial charge in [-0.1, -0.05) is 29.8 Å². The van der Waals surface area contributed by atoms with Gasteiger partial charge in [-0.05, 0) is 12.5 Å². The Kier molecular flexibility index (Phi) is 2.84. The maximum Gasteiger partial charge on any atom is 0.0835 e. The smallest absolute Gasteiger partial charge is 0.0835 e. The largest absolute Gasteiger partial charge is 0.329 e. The van der Waals surface area contributed by atoms with Crippen LogP contribution in [-0.4, -0.2) is 6.54 Å². The Bertz CT molecular complexity index is 299. The van der Waals surface area contributed by atoms with E-state index in [0.29, 0.717) is 6.54 Å². The molecular weight excluding hydrogens is 148 g/mol. The number of hydrogen-bond donors (Lipinski definition) is 1. The fourth-order valence-electron chi connectivity index (χ4n) is 1.15. The minimum atomic E-state index is -0.162. The summed E-state index contributed by atoms with van der Waals surface area (Å²) in [6, 6.07) is 10.1. The summed E-state index contributed by atoms with van der Waals surface area (Å²) >= 11 is 0. The van der Waals surface area contributed by atoms with Gasteiger partial charge in [-0.25, -0.2) is 0 Å². The van der Waals surface area contributed by atoms with Crippen molar-refractivity contribution in [1.29, 1.82) is 5.26 Å². The number of benzene rings is 1. The first-order valence-corrected chi connectivity index (χ1v) is 3.94. The summed E-state index contributed by atoms with van der Waals surface area (Å²) in [5.41, 5.74) is 7.62. The van der Waals surface area contributed by atoms with Gasteiger partial charge in [0.15, 0.2) is 0 Å². The van der Waals surface area contributed by atoms with Crippen molar-refractivity contribution in [3.63, 3.8) is 0 Å². The van der Waals surface area contributed by atoms with Crippen molar-refractivity contribution in [2.45, 2.75) is 12.8 Å². The predicted molar refractivity (Wildman–Crippen MR) is 48.6 cm³/mol. The van der Waals surface area contributed by atoms with Crippen molar-refractivity contribution in [3.05, 3.63) is 35.4 Å². The van der Waals surface area contributed by atoms with Gasteiger partial charge in [0.2, 0.25) is 0 Å². The molecule has 0 aliphatic rings. The number of nitriles is 1. The fraction of sp³-hybridized carbons (Fsp3) is 0.300. The normalized spacial score (nSPS) is 12.1. The first kappa shape index (κ1) is 8.76. The molecule has 0 bridgehead atoms. The van der Waals surface area contributed by atoms with Gasteiger partial charge in [0, 0.05) is 6.54 Å². The van der Waals surface area contributed by atoms with E-state index in [-0.39, 0.29) is 5.92 Å². The van der Waals surface area contributed by atoms with Crippen LogP contribution in [0.3, 0.4) is 0 Å². The molecule has 0 fully saturated rings. The lowest BCUT2D eigenvalue weighted by Gasteiger charge is -2.05. The van der Waals surface area contributed by atoms with E-state index in [4.69, 9.17) is 11.0 Å². The van der Waals surface area contributed by atoms with Gasteiger partial charge in [0.05, 0.1) is 12.0 Å². The van der Waals surface area contributed by atoms with E-state index < -0.39 is 0 Å². The third kappa shape index (κ3) is 1.84. The van der Waals surface area contributed by atoms with Crippen LogP contribution < -0.4 is 5.73 Å². The molecule has 0 aliphatic carbocycles. The topological polar surface area (TPSA) is 49.8 Å². The third-order valence-corrected chi connectivity index (χ3v) is 1.84. The molecular formula is C10H12N2. The molecule has 0 radical (unpaired) electrons. The third-order valence-electron chi connectivity index (χ3n) is 1.84. The zero-order valence-electron chi connectivity index (χ0n) is 7.12. The van der Waals surface area contributed by atoms with Gasteiger partial charge in [-0.3, -0.25) is 0 Å².